The van der Waals surface area contributed by atoms with Crippen molar-refractivity contribution in [3.63, 3.8) is 0 Å². The Kier molecular flexibility index (Phi) is 3.27. The molecule has 0 unspecified atom stereocenters. The molecule has 4 aromatic rings. The van der Waals surface area contributed by atoms with Crippen LogP contribution in [0.15, 0.2) is 47.7 Å². The molecule has 25 heavy (non-hydrogen) atoms. The van der Waals surface area contributed by atoms with Crippen LogP contribution in [-0.4, -0.2) is 29.1 Å². The van der Waals surface area contributed by atoms with Gasteiger partial charge in [0.15, 0.2) is 0 Å². The molecule has 0 atom stereocenters. The third-order valence-electron chi connectivity index (χ3n) is 3.62. The Hall–Kier alpha value is -3.30. The lowest BCUT2D eigenvalue weighted by Crippen LogP contribution is -2.21. The van der Waals surface area contributed by atoms with Gasteiger partial charge < -0.3 is 4.57 Å². The number of pyridine rings is 2. The highest BCUT2D eigenvalue weighted by atomic mass is 19.4. The minimum atomic E-state index is -4.69. The van der Waals surface area contributed by atoms with E-state index in [1.807, 2.05) is 0 Å². The Balaban J connectivity index is 1.87. The molecule has 0 N–H and O–H groups in total. The van der Waals surface area contributed by atoms with Crippen molar-refractivity contribution >= 4 is 16.7 Å². The highest BCUT2D eigenvalue weighted by Crippen LogP contribution is 2.26. The molecule has 0 bridgehead atoms. The van der Waals surface area contributed by atoms with Crippen LogP contribution in [0.1, 0.15) is 11.5 Å². The standard InChI is InChI=1S/C15H9F3N6O/c16-15(17,18)13-21-14-20-7-10-11(24(14)22-13)4-6-23(12(10)25)8-9-3-1-2-5-19-9/h1-7H,8H2. The van der Waals surface area contributed by atoms with Gasteiger partial charge in [-0.1, -0.05) is 6.07 Å². The first-order valence-electron chi connectivity index (χ1n) is 7.15. The summed E-state index contributed by atoms with van der Waals surface area (Å²) in [7, 11) is 0. The molecule has 7 nitrogen and oxygen atoms in total. The highest BCUT2D eigenvalue weighted by Gasteiger charge is 2.36. The summed E-state index contributed by atoms with van der Waals surface area (Å²) < 4.78 is 40.6. The SMILES string of the molecule is O=c1c2cnc3nc(C(F)(F)F)nn3c2ccn1Cc1ccccn1. The number of alkyl halides is 3. The smallest absolute Gasteiger partial charge is 0.309 e. The fraction of sp³-hybridized carbons (Fsp3) is 0.133. The molecule has 0 aliphatic rings. The molecule has 0 aromatic carbocycles. The Morgan fingerprint density at radius 2 is 1.96 bits per heavy atom. The van der Waals surface area contributed by atoms with E-state index in [2.05, 4.69) is 20.1 Å². The van der Waals surface area contributed by atoms with Crippen LogP contribution >= 0.6 is 0 Å². The highest BCUT2D eigenvalue weighted by molar-refractivity contribution is 5.78. The predicted molar refractivity (Wildman–Crippen MR) is 80.9 cm³/mol. The summed E-state index contributed by atoms with van der Waals surface area (Å²) in [6.45, 7) is 0.235. The molecule has 0 saturated carbocycles. The van der Waals surface area contributed by atoms with Crippen molar-refractivity contribution in [2.75, 3.05) is 0 Å². The summed E-state index contributed by atoms with van der Waals surface area (Å²) in [6.07, 6.45) is -0.390. The van der Waals surface area contributed by atoms with Gasteiger partial charge in [-0.15, -0.1) is 5.10 Å². The van der Waals surface area contributed by atoms with Gasteiger partial charge in [-0.3, -0.25) is 9.78 Å². The van der Waals surface area contributed by atoms with Crippen LogP contribution in [0.4, 0.5) is 13.2 Å². The van der Waals surface area contributed by atoms with Gasteiger partial charge in [0.2, 0.25) is 0 Å². The van der Waals surface area contributed by atoms with Gasteiger partial charge in [0, 0.05) is 18.6 Å². The summed E-state index contributed by atoms with van der Waals surface area (Å²) in [5.74, 6) is -1.52. The van der Waals surface area contributed by atoms with E-state index in [-0.39, 0.29) is 23.2 Å². The van der Waals surface area contributed by atoms with E-state index < -0.39 is 17.6 Å². The molecule has 0 fully saturated rings. The number of hydrogen-bond donors (Lipinski definition) is 0. The van der Waals surface area contributed by atoms with Crippen molar-refractivity contribution in [1.29, 1.82) is 0 Å². The normalized spacial score (nSPS) is 12.1. The average molecular weight is 346 g/mol. The predicted octanol–water partition coefficient (Wildman–Crippen LogP) is 1.90. The maximum absolute atomic E-state index is 12.8. The quantitative estimate of drug-likeness (QED) is 0.554. The lowest BCUT2D eigenvalue weighted by molar-refractivity contribution is -0.144. The van der Waals surface area contributed by atoms with E-state index in [4.69, 9.17) is 0 Å². The molecule has 0 aliphatic heterocycles. The van der Waals surface area contributed by atoms with Crippen LogP contribution in [0.3, 0.4) is 0 Å². The lowest BCUT2D eigenvalue weighted by atomic mass is 10.3. The van der Waals surface area contributed by atoms with E-state index in [9.17, 15) is 18.0 Å². The Morgan fingerprint density at radius 1 is 1.12 bits per heavy atom. The van der Waals surface area contributed by atoms with Crippen molar-refractivity contribution < 1.29 is 13.2 Å². The number of nitrogens with zero attached hydrogens (tertiary/aromatic N) is 6. The molecule has 126 valence electrons. The van der Waals surface area contributed by atoms with E-state index in [1.54, 1.807) is 24.4 Å². The zero-order valence-electron chi connectivity index (χ0n) is 12.5. The molecule has 4 heterocycles. The molecular formula is C15H9F3N6O. The number of rotatable bonds is 2. The zero-order valence-corrected chi connectivity index (χ0v) is 12.5. The third-order valence-corrected chi connectivity index (χ3v) is 3.62. The Labute approximate surface area is 137 Å². The van der Waals surface area contributed by atoms with Gasteiger partial charge in [-0.2, -0.15) is 22.7 Å². The second-order valence-corrected chi connectivity index (χ2v) is 5.27. The Bertz CT molecular complexity index is 1130. The van der Waals surface area contributed by atoms with E-state index >= 15 is 0 Å². The van der Waals surface area contributed by atoms with Gasteiger partial charge in [0.1, 0.15) is 0 Å². The topological polar surface area (TPSA) is 78.0 Å². The van der Waals surface area contributed by atoms with Gasteiger partial charge >= 0.3 is 6.18 Å². The van der Waals surface area contributed by atoms with E-state index in [1.165, 1.54) is 23.0 Å². The number of fused-ring (bicyclic) bond motifs is 3. The molecule has 0 radical (unpaired) electrons. The molecular weight excluding hydrogens is 337 g/mol. The minimum absolute atomic E-state index is 0.143. The second-order valence-electron chi connectivity index (χ2n) is 5.27. The van der Waals surface area contributed by atoms with Crippen LogP contribution in [0.5, 0.6) is 0 Å². The van der Waals surface area contributed by atoms with Gasteiger partial charge in [-0.25, -0.2) is 4.98 Å². The number of hydrogen-bond acceptors (Lipinski definition) is 5. The van der Waals surface area contributed by atoms with Crippen molar-refractivity contribution in [3.05, 3.63) is 64.7 Å². The monoisotopic (exact) mass is 346 g/mol. The maximum atomic E-state index is 12.8. The summed E-state index contributed by atoms with van der Waals surface area (Å²) >= 11 is 0. The van der Waals surface area contributed by atoms with Crippen molar-refractivity contribution in [3.8, 4) is 0 Å². The molecule has 0 amide bonds. The van der Waals surface area contributed by atoms with Gasteiger partial charge in [0.25, 0.3) is 17.2 Å². The first-order chi connectivity index (χ1) is 11.9. The van der Waals surface area contributed by atoms with Gasteiger partial charge in [-0.05, 0) is 18.2 Å². The minimum Gasteiger partial charge on any atom is -0.309 e. The summed E-state index contributed by atoms with van der Waals surface area (Å²) in [6, 6.07) is 6.83. The summed E-state index contributed by atoms with van der Waals surface area (Å²) in [5.41, 5.74) is 0.481. The summed E-state index contributed by atoms with van der Waals surface area (Å²) in [5, 5.41) is 3.57. The van der Waals surface area contributed by atoms with Crippen LogP contribution < -0.4 is 5.56 Å². The molecule has 4 rings (SSSR count). The van der Waals surface area contributed by atoms with Crippen LogP contribution in [0, 0.1) is 0 Å². The fourth-order valence-electron chi connectivity index (χ4n) is 2.47. The molecule has 0 spiro atoms. The molecule has 10 heteroatoms. The van der Waals surface area contributed by atoms with Crippen molar-refractivity contribution in [1.82, 2.24) is 29.1 Å². The zero-order chi connectivity index (χ0) is 17.6. The van der Waals surface area contributed by atoms with Crippen LogP contribution in [-0.2, 0) is 12.7 Å². The van der Waals surface area contributed by atoms with Crippen LogP contribution in [0.25, 0.3) is 16.7 Å². The molecule has 0 aliphatic carbocycles. The lowest BCUT2D eigenvalue weighted by Gasteiger charge is -2.07. The van der Waals surface area contributed by atoms with Crippen molar-refractivity contribution in [2.45, 2.75) is 12.7 Å². The number of halogens is 3. The summed E-state index contributed by atoms with van der Waals surface area (Å²) in [4.78, 5) is 23.9. The maximum Gasteiger partial charge on any atom is 0.453 e. The molecule has 0 saturated heterocycles. The molecule has 4 aromatic heterocycles. The van der Waals surface area contributed by atoms with Crippen molar-refractivity contribution in [2.24, 2.45) is 0 Å². The van der Waals surface area contributed by atoms with E-state index in [0.717, 1.165) is 4.52 Å². The Morgan fingerprint density at radius 3 is 2.68 bits per heavy atom. The van der Waals surface area contributed by atoms with Gasteiger partial charge in [0.05, 0.1) is 23.1 Å². The first-order valence-corrected chi connectivity index (χ1v) is 7.15. The number of aromatic nitrogens is 6. The fourth-order valence-corrected chi connectivity index (χ4v) is 2.47. The average Bonchev–Trinajstić information content (AvgIpc) is 3.03. The largest absolute Gasteiger partial charge is 0.453 e. The third kappa shape index (κ3) is 2.61. The first kappa shape index (κ1) is 15.2. The van der Waals surface area contributed by atoms with Crippen LogP contribution in [0.2, 0.25) is 0 Å². The second kappa shape index (κ2) is 5.36. The van der Waals surface area contributed by atoms with E-state index in [0.29, 0.717) is 5.69 Å².